The lowest BCUT2D eigenvalue weighted by Crippen LogP contribution is -2.27. The molecule has 0 atom stereocenters. The number of nitrogens with zero attached hydrogens (tertiary/aromatic N) is 4. The molecule has 1 fully saturated rings. The van der Waals surface area contributed by atoms with E-state index in [1.807, 2.05) is 65.6 Å². The molecule has 0 spiro atoms. The van der Waals surface area contributed by atoms with Crippen LogP contribution in [0.1, 0.15) is 29.0 Å². The number of thiazole rings is 1. The number of thioether (sulfide) groups is 1. The normalized spacial score (nSPS) is 13.5. The molecule has 3 aromatic carbocycles. The number of aromatic nitrogens is 3. The van der Waals surface area contributed by atoms with Gasteiger partial charge in [-0.3, -0.25) is 14.2 Å². The summed E-state index contributed by atoms with van der Waals surface area (Å²) in [5.74, 6) is 1.73. The minimum Gasteiger partial charge on any atom is -0.495 e. The van der Waals surface area contributed by atoms with E-state index in [2.05, 4.69) is 0 Å². The van der Waals surface area contributed by atoms with Crippen LogP contribution in [0.4, 0.5) is 0 Å². The number of rotatable bonds is 6. The smallest absolute Gasteiger partial charge is 0.266 e. The second-order valence-corrected chi connectivity index (χ2v) is 11.1. The maximum atomic E-state index is 13.6. The van der Waals surface area contributed by atoms with Gasteiger partial charge in [-0.15, -0.1) is 11.3 Å². The molecule has 6 rings (SSSR count). The number of carbonyl (C=O) groups is 1. The summed E-state index contributed by atoms with van der Waals surface area (Å²) in [7, 11) is 1.59. The Balaban J connectivity index is 1.34. The number of amides is 1. The van der Waals surface area contributed by atoms with Crippen molar-refractivity contribution in [2.45, 2.75) is 22.9 Å². The van der Waals surface area contributed by atoms with Gasteiger partial charge in [0.1, 0.15) is 11.6 Å². The third kappa shape index (κ3) is 4.49. The lowest BCUT2D eigenvalue weighted by Gasteiger charge is -2.15. The Hall–Kier alpha value is -3.69. The Labute approximate surface area is 221 Å². The first kappa shape index (κ1) is 23.7. The number of fused-ring (bicyclic) bond motifs is 2. The molecule has 0 radical (unpaired) electrons. The molecule has 0 bridgehead atoms. The number of benzene rings is 3. The van der Waals surface area contributed by atoms with Crippen molar-refractivity contribution >= 4 is 50.1 Å². The monoisotopic (exact) mass is 528 g/mol. The number of ether oxygens (including phenoxy) is 1. The SMILES string of the molecule is COc1ccccc1-n1c(CSc2nc3cc(C(=O)N4CCCC4)ccc3s2)nc2ccccc2c1=O. The number of hydrogen-bond acceptors (Lipinski definition) is 7. The number of methoxy groups -OCH3 is 1. The van der Waals surface area contributed by atoms with Gasteiger partial charge >= 0.3 is 0 Å². The molecular weight excluding hydrogens is 504 g/mol. The highest BCUT2D eigenvalue weighted by molar-refractivity contribution is 8.00. The molecule has 1 saturated heterocycles. The van der Waals surface area contributed by atoms with Gasteiger partial charge in [0.05, 0.1) is 39.7 Å². The molecule has 1 amide bonds. The van der Waals surface area contributed by atoms with E-state index >= 15 is 0 Å². The lowest BCUT2D eigenvalue weighted by molar-refractivity contribution is 0.0793. The summed E-state index contributed by atoms with van der Waals surface area (Å²) in [6.07, 6.45) is 2.13. The summed E-state index contributed by atoms with van der Waals surface area (Å²) in [4.78, 5) is 38.0. The zero-order valence-electron chi connectivity index (χ0n) is 20.2. The van der Waals surface area contributed by atoms with Crippen LogP contribution in [-0.4, -0.2) is 45.5 Å². The first-order valence-corrected chi connectivity index (χ1v) is 13.9. The second-order valence-electron chi connectivity index (χ2n) is 8.81. The molecule has 0 N–H and O–H groups in total. The predicted molar refractivity (Wildman–Crippen MR) is 148 cm³/mol. The van der Waals surface area contributed by atoms with Gasteiger partial charge in [0, 0.05) is 18.7 Å². The molecule has 2 aromatic heterocycles. The quantitative estimate of drug-likeness (QED) is 0.270. The van der Waals surface area contributed by atoms with Crippen molar-refractivity contribution in [2.24, 2.45) is 0 Å². The van der Waals surface area contributed by atoms with Crippen molar-refractivity contribution in [1.82, 2.24) is 19.4 Å². The van der Waals surface area contributed by atoms with Crippen LogP contribution in [0.25, 0.3) is 26.8 Å². The fraction of sp³-hybridized carbons (Fsp3) is 0.214. The van der Waals surface area contributed by atoms with Crippen LogP contribution in [0, 0.1) is 0 Å². The summed E-state index contributed by atoms with van der Waals surface area (Å²) in [6.45, 7) is 1.64. The summed E-state index contributed by atoms with van der Waals surface area (Å²) < 4.78 is 9.07. The highest BCUT2D eigenvalue weighted by atomic mass is 32.2. The van der Waals surface area contributed by atoms with Gasteiger partial charge in [-0.1, -0.05) is 36.0 Å². The van der Waals surface area contributed by atoms with Crippen LogP contribution in [0.3, 0.4) is 0 Å². The van der Waals surface area contributed by atoms with Crippen LogP contribution in [-0.2, 0) is 5.75 Å². The van der Waals surface area contributed by atoms with Crippen molar-refractivity contribution in [3.8, 4) is 11.4 Å². The van der Waals surface area contributed by atoms with Crippen molar-refractivity contribution in [3.63, 3.8) is 0 Å². The van der Waals surface area contributed by atoms with Crippen molar-refractivity contribution in [1.29, 1.82) is 0 Å². The zero-order chi connectivity index (χ0) is 25.4. The topological polar surface area (TPSA) is 77.3 Å². The second kappa shape index (κ2) is 9.99. The van der Waals surface area contributed by atoms with Gasteiger partial charge in [0.25, 0.3) is 11.5 Å². The van der Waals surface area contributed by atoms with E-state index in [1.54, 1.807) is 29.1 Å². The van der Waals surface area contributed by atoms with E-state index in [4.69, 9.17) is 14.7 Å². The fourth-order valence-corrected chi connectivity index (χ4v) is 6.64. The standard InChI is InChI=1S/C28H24N4O3S2/c1-35-23-11-5-4-10-22(23)32-25(29-20-9-3-2-8-19(20)27(32)34)17-36-28-30-21-16-18(12-13-24(21)37-28)26(33)31-14-6-7-15-31/h2-5,8-13,16H,6-7,14-15,17H2,1H3. The summed E-state index contributed by atoms with van der Waals surface area (Å²) in [6, 6.07) is 20.6. The number of carbonyl (C=O) groups excluding carboxylic acids is 1. The van der Waals surface area contributed by atoms with E-state index < -0.39 is 0 Å². The molecule has 0 saturated carbocycles. The Morgan fingerprint density at radius 2 is 1.78 bits per heavy atom. The minimum absolute atomic E-state index is 0.0720. The molecule has 7 nitrogen and oxygen atoms in total. The molecule has 3 heterocycles. The zero-order valence-corrected chi connectivity index (χ0v) is 21.8. The Kier molecular flexibility index (Phi) is 6.40. The van der Waals surface area contributed by atoms with Crippen molar-refractivity contribution in [2.75, 3.05) is 20.2 Å². The highest BCUT2D eigenvalue weighted by Crippen LogP contribution is 2.33. The maximum Gasteiger partial charge on any atom is 0.266 e. The van der Waals surface area contributed by atoms with E-state index in [0.29, 0.717) is 39.5 Å². The molecule has 186 valence electrons. The highest BCUT2D eigenvalue weighted by Gasteiger charge is 2.21. The first-order valence-electron chi connectivity index (χ1n) is 12.1. The van der Waals surface area contributed by atoms with Crippen LogP contribution in [0.5, 0.6) is 5.75 Å². The van der Waals surface area contributed by atoms with E-state index in [1.165, 1.54) is 11.8 Å². The molecule has 0 unspecified atom stereocenters. The Morgan fingerprint density at radius 1 is 1.00 bits per heavy atom. The van der Waals surface area contributed by atoms with Crippen LogP contribution < -0.4 is 10.3 Å². The van der Waals surface area contributed by atoms with Crippen LogP contribution >= 0.6 is 23.1 Å². The van der Waals surface area contributed by atoms with Crippen LogP contribution in [0.15, 0.2) is 75.9 Å². The fourth-order valence-electron chi connectivity index (χ4n) is 4.67. The van der Waals surface area contributed by atoms with Crippen LogP contribution in [0.2, 0.25) is 0 Å². The van der Waals surface area contributed by atoms with E-state index in [-0.39, 0.29) is 11.5 Å². The van der Waals surface area contributed by atoms with Gasteiger partial charge in [-0.05, 0) is 55.3 Å². The third-order valence-corrected chi connectivity index (χ3v) is 8.68. The minimum atomic E-state index is -0.139. The molecule has 9 heteroatoms. The molecular formula is C28H24N4O3S2. The number of para-hydroxylation sites is 3. The molecule has 37 heavy (non-hydrogen) atoms. The first-order chi connectivity index (χ1) is 18.1. The third-order valence-electron chi connectivity index (χ3n) is 6.50. The molecule has 1 aliphatic rings. The number of hydrogen-bond donors (Lipinski definition) is 0. The largest absolute Gasteiger partial charge is 0.495 e. The summed E-state index contributed by atoms with van der Waals surface area (Å²) in [5, 5.41) is 0.553. The van der Waals surface area contributed by atoms with Gasteiger partial charge < -0.3 is 9.64 Å². The van der Waals surface area contributed by atoms with E-state index in [9.17, 15) is 9.59 Å². The summed E-state index contributed by atoms with van der Waals surface area (Å²) >= 11 is 3.10. The van der Waals surface area contributed by atoms with Gasteiger partial charge in [0.2, 0.25) is 0 Å². The predicted octanol–water partition coefficient (Wildman–Crippen LogP) is 5.53. The van der Waals surface area contributed by atoms with Gasteiger partial charge in [0.15, 0.2) is 4.34 Å². The maximum absolute atomic E-state index is 13.6. The summed E-state index contributed by atoms with van der Waals surface area (Å²) in [5.41, 5.74) is 2.66. The van der Waals surface area contributed by atoms with E-state index in [0.717, 1.165) is 40.5 Å². The number of likely N-dealkylation sites (tertiary alicyclic amines) is 1. The lowest BCUT2D eigenvalue weighted by atomic mass is 10.2. The van der Waals surface area contributed by atoms with Gasteiger partial charge in [-0.25, -0.2) is 9.97 Å². The average molecular weight is 529 g/mol. The molecule has 1 aliphatic heterocycles. The van der Waals surface area contributed by atoms with Crippen molar-refractivity contribution < 1.29 is 9.53 Å². The Morgan fingerprint density at radius 3 is 2.62 bits per heavy atom. The van der Waals surface area contributed by atoms with Crippen molar-refractivity contribution in [3.05, 3.63) is 88.5 Å². The van der Waals surface area contributed by atoms with Gasteiger partial charge in [-0.2, -0.15) is 0 Å². The molecule has 0 aliphatic carbocycles. The Bertz CT molecular complexity index is 1690. The molecule has 5 aromatic rings. The average Bonchev–Trinajstić information content (AvgIpc) is 3.61.